The van der Waals surface area contributed by atoms with Crippen LogP contribution in [-0.2, 0) is 20.7 Å². The lowest BCUT2D eigenvalue weighted by Crippen LogP contribution is -2.38. The van der Waals surface area contributed by atoms with Crippen molar-refractivity contribution in [3.05, 3.63) is 87.3 Å². The monoisotopic (exact) mass is 496 g/mol. The molecule has 1 amide bonds. The molecule has 9 heteroatoms. The molecule has 0 spiro atoms. The summed E-state index contributed by atoms with van der Waals surface area (Å²) in [7, 11) is 0. The van der Waals surface area contributed by atoms with Crippen LogP contribution >= 0.6 is 23.4 Å². The predicted octanol–water partition coefficient (Wildman–Crippen LogP) is 4.62. The molecule has 1 atom stereocenters. The maximum absolute atomic E-state index is 13.0. The Morgan fingerprint density at radius 3 is 2.82 bits per heavy atom. The second-order valence-electron chi connectivity index (χ2n) is 7.77. The molecule has 34 heavy (non-hydrogen) atoms. The second-order valence-corrected chi connectivity index (χ2v) is 9.04. The number of carbonyl (C=O) groups excluding carboxylic acids is 2. The molecule has 1 aromatic carbocycles. The average Bonchev–Trinajstić information content (AvgIpc) is 3.20. The van der Waals surface area contributed by atoms with E-state index in [0.717, 1.165) is 17.0 Å². The van der Waals surface area contributed by atoms with Crippen molar-refractivity contribution in [3.63, 3.8) is 0 Å². The van der Waals surface area contributed by atoms with Crippen molar-refractivity contribution in [2.24, 2.45) is 4.99 Å². The smallest absolute Gasteiger partial charge is 0.338 e. The van der Waals surface area contributed by atoms with Gasteiger partial charge in [0.25, 0.3) is 0 Å². The Bertz CT molecular complexity index is 1180. The van der Waals surface area contributed by atoms with Gasteiger partial charge in [0, 0.05) is 35.6 Å². The molecule has 0 saturated carbocycles. The third-order valence-electron chi connectivity index (χ3n) is 5.43. The highest BCUT2D eigenvalue weighted by molar-refractivity contribution is 8.16. The summed E-state index contributed by atoms with van der Waals surface area (Å²) in [6, 6.07) is 12.6. The Labute approximate surface area is 207 Å². The minimum atomic E-state index is -0.493. The summed E-state index contributed by atoms with van der Waals surface area (Å²) >= 11 is 7.73. The molecule has 1 aromatic heterocycles. The Morgan fingerprint density at radius 1 is 1.24 bits per heavy atom. The molecule has 0 fully saturated rings. The molecule has 7 nitrogen and oxygen atoms in total. The van der Waals surface area contributed by atoms with Crippen LogP contribution in [0.3, 0.4) is 0 Å². The molecule has 0 radical (unpaired) electrons. The highest BCUT2D eigenvalue weighted by Crippen LogP contribution is 2.45. The SMILES string of the molecule is CCOC(=O)C1=C(C)N=C2SC=C(CC(=O)NCCc3ccccn3)N2[C@H]1c1cccc(Cl)c1. The molecular formula is C25H25ClN4O3S. The highest BCUT2D eigenvalue weighted by Gasteiger charge is 2.41. The number of thioether (sulfide) groups is 1. The number of allylic oxidation sites excluding steroid dienone is 1. The van der Waals surface area contributed by atoms with Gasteiger partial charge in [0.05, 0.1) is 30.3 Å². The van der Waals surface area contributed by atoms with E-state index in [1.165, 1.54) is 11.8 Å². The van der Waals surface area contributed by atoms with Gasteiger partial charge in [-0.25, -0.2) is 9.79 Å². The van der Waals surface area contributed by atoms with Crippen molar-refractivity contribution in [1.29, 1.82) is 0 Å². The van der Waals surface area contributed by atoms with Crippen LogP contribution in [0.1, 0.15) is 37.6 Å². The Morgan fingerprint density at radius 2 is 2.09 bits per heavy atom. The van der Waals surface area contributed by atoms with Crippen LogP contribution in [0.4, 0.5) is 0 Å². The number of benzene rings is 1. The number of pyridine rings is 1. The van der Waals surface area contributed by atoms with Crippen LogP contribution in [0.5, 0.6) is 0 Å². The first-order valence-corrected chi connectivity index (χ1v) is 12.3. The lowest BCUT2D eigenvalue weighted by Gasteiger charge is -2.36. The lowest BCUT2D eigenvalue weighted by atomic mass is 9.94. The second kappa shape index (κ2) is 10.9. The number of hydrogen-bond acceptors (Lipinski definition) is 7. The van der Waals surface area contributed by atoms with E-state index in [1.54, 1.807) is 26.1 Å². The quantitative estimate of drug-likeness (QED) is 0.537. The molecule has 1 N–H and O–H groups in total. The Kier molecular flexibility index (Phi) is 7.70. The van der Waals surface area contributed by atoms with Crippen LogP contribution in [-0.4, -0.2) is 40.1 Å². The summed E-state index contributed by atoms with van der Waals surface area (Å²) < 4.78 is 5.36. The molecule has 2 aliphatic heterocycles. The van der Waals surface area contributed by atoms with Crippen molar-refractivity contribution < 1.29 is 14.3 Å². The van der Waals surface area contributed by atoms with Gasteiger partial charge in [-0.15, -0.1) is 0 Å². The van der Waals surface area contributed by atoms with Gasteiger partial charge in [-0.05, 0) is 49.1 Å². The molecule has 0 saturated heterocycles. The van der Waals surface area contributed by atoms with E-state index in [4.69, 9.17) is 16.3 Å². The summed E-state index contributed by atoms with van der Waals surface area (Å²) in [5.41, 5.74) is 3.54. The van der Waals surface area contributed by atoms with Crippen LogP contribution in [0.25, 0.3) is 0 Å². The summed E-state index contributed by atoms with van der Waals surface area (Å²) in [6.45, 7) is 4.32. The van der Waals surface area contributed by atoms with Crippen LogP contribution in [0.15, 0.2) is 76.0 Å². The van der Waals surface area contributed by atoms with Gasteiger partial charge in [-0.1, -0.05) is 41.6 Å². The molecular weight excluding hydrogens is 472 g/mol. The number of aliphatic imine (C=N–C) groups is 1. The van der Waals surface area contributed by atoms with E-state index in [2.05, 4.69) is 15.3 Å². The predicted molar refractivity (Wildman–Crippen MR) is 134 cm³/mol. The fraction of sp³-hybridized carbons (Fsp3) is 0.280. The molecule has 0 unspecified atom stereocenters. The van der Waals surface area contributed by atoms with Crippen molar-refractivity contribution >= 4 is 40.4 Å². The van der Waals surface area contributed by atoms with E-state index in [0.29, 0.717) is 34.4 Å². The molecule has 176 valence electrons. The normalized spacial score (nSPS) is 17.1. The molecule has 3 heterocycles. The van der Waals surface area contributed by atoms with Gasteiger partial charge in [-0.3, -0.25) is 9.78 Å². The van der Waals surface area contributed by atoms with Crippen molar-refractivity contribution in [3.8, 4) is 0 Å². The fourth-order valence-electron chi connectivity index (χ4n) is 3.93. The van der Waals surface area contributed by atoms with Gasteiger partial charge in [0.2, 0.25) is 5.91 Å². The van der Waals surface area contributed by atoms with E-state index in [-0.39, 0.29) is 18.9 Å². The topological polar surface area (TPSA) is 83.9 Å². The number of halogens is 1. The number of carbonyl (C=O) groups is 2. The number of aromatic nitrogens is 1. The summed E-state index contributed by atoms with van der Waals surface area (Å²) in [6.07, 6.45) is 2.54. The van der Waals surface area contributed by atoms with Gasteiger partial charge in [-0.2, -0.15) is 0 Å². The van der Waals surface area contributed by atoms with Crippen LogP contribution < -0.4 is 5.32 Å². The van der Waals surface area contributed by atoms with Gasteiger partial charge >= 0.3 is 5.97 Å². The van der Waals surface area contributed by atoms with E-state index < -0.39 is 12.0 Å². The first-order valence-electron chi connectivity index (χ1n) is 11.0. The van der Waals surface area contributed by atoms with Crippen molar-refractivity contribution in [2.75, 3.05) is 13.2 Å². The number of rotatable bonds is 8. The number of nitrogens with zero attached hydrogens (tertiary/aromatic N) is 3. The van der Waals surface area contributed by atoms with E-state index in [1.807, 2.05) is 46.7 Å². The summed E-state index contributed by atoms with van der Waals surface area (Å²) in [5, 5.41) is 6.15. The third kappa shape index (κ3) is 5.34. The first kappa shape index (κ1) is 24.0. The zero-order valence-electron chi connectivity index (χ0n) is 19.0. The molecule has 4 rings (SSSR count). The number of esters is 1. The third-order valence-corrected chi connectivity index (χ3v) is 6.56. The maximum atomic E-state index is 13.0. The van der Waals surface area contributed by atoms with Crippen molar-refractivity contribution in [1.82, 2.24) is 15.2 Å². The van der Waals surface area contributed by atoms with Crippen molar-refractivity contribution in [2.45, 2.75) is 32.7 Å². The van der Waals surface area contributed by atoms with Gasteiger partial charge in [0.1, 0.15) is 0 Å². The maximum Gasteiger partial charge on any atom is 0.338 e. The largest absolute Gasteiger partial charge is 0.463 e. The molecule has 2 aliphatic rings. The van der Waals surface area contributed by atoms with Crippen LogP contribution in [0, 0.1) is 0 Å². The van der Waals surface area contributed by atoms with Gasteiger partial charge < -0.3 is 15.0 Å². The Balaban J connectivity index is 1.55. The number of hydrogen-bond donors (Lipinski definition) is 1. The molecule has 0 aliphatic carbocycles. The average molecular weight is 497 g/mol. The number of fused-ring (bicyclic) bond motifs is 1. The van der Waals surface area contributed by atoms with E-state index in [9.17, 15) is 9.59 Å². The fourth-order valence-corrected chi connectivity index (χ4v) is 5.10. The van der Waals surface area contributed by atoms with Gasteiger partial charge in [0.15, 0.2) is 5.17 Å². The minimum absolute atomic E-state index is 0.113. The van der Waals surface area contributed by atoms with Crippen LogP contribution in [0.2, 0.25) is 5.02 Å². The number of nitrogens with one attached hydrogen (secondary N) is 1. The number of ether oxygens (including phenoxy) is 1. The molecule has 0 bridgehead atoms. The first-order chi connectivity index (χ1) is 16.5. The highest BCUT2D eigenvalue weighted by atomic mass is 35.5. The zero-order valence-corrected chi connectivity index (χ0v) is 20.5. The minimum Gasteiger partial charge on any atom is -0.463 e. The van der Waals surface area contributed by atoms with E-state index >= 15 is 0 Å². The lowest BCUT2D eigenvalue weighted by molar-refractivity contribution is -0.139. The Hall–Kier alpha value is -3.10. The molecule has 2 aromatic rings. The standard InChI is InChI=1S/C25H25ClN4O3S/c1-3-33-24(32)22-16(2)29-25-30(23(22)17-7-6-8-18(26)13-17)20(15-34-25)14-21(31)28-12-10-19-9-4-5-11-27-19/h4-9,11,13,15,23H,3,10,12,14H2,1-2H3,(H,28,31)/t23-/m0/s1. The number of amides is 1. The number of amidine groups is 1. The zero-order chi connectivity index (χ0) is 24.1. The summed E-state index contributed by atoms with van der Waals surface area (Å²) in [5.74, 6) is -0.540. The summed E-state index contributed by atoms with van der Waals surface area (Å²) in [4.78, 5) is 36.6.